The first-order chi connectivity index (χ1) is 17.6. The van der Waals surface area contributed by atoms with Gasteiger partial charge in [0.25, 0.3) is 0 Å². The van der Waals surface area contributed by atoms with E-state index in [9.17, 15) is 18.0 Å². The third-order valence-corrected chi connectivity index (χ3v) is 6.84. The molecule has 200 valence electrons. The minimum absolute atomic E-state index is 0.0647. The molecule has 10 heteroatoms. The molecule has 2 aromatic carbocycles. The van der Waals surface area contributed by atoms with E-state index in [1.807, 2.05) is 50.2 Å². The quantitative estimate of drug-likeness (QED) is 0.570. The average molecular weight is 519 g/mol. The zero-order valence-electron chi connectivity index (χ0n) is 21.6. The van der Waals surface area contributed by atoms with Crippen molar-refractivity contribution in [3.8, 4) is 11.5 Å². The van der Waals surface area contributed by atoms with Crippen molar-refractivity contribution < 1.29 is 27.4 Å². The molecular weight excluding hydrogens is 485 g/mol. The van der Waals surface area contributed by atoms with E-state index in [0.29, 0.717) is 56.2 Å². The second kappa shape index (κ2) is 11.0. The maximum absolute atomic E-state index is 12.8. The van der Waals surface area contributed by atoms with Gasteiger partial charge in [-0.15, -0.1) is 0 Å². The molecule has 0 bridgehead atoms. The molecule has 0 saturated carbocycles. The fourth-order valence-electron chi connectivity index (χ4n) is 4.90. The predicted octanol–water partition coefficient (Wildman–Crippen LogP) is 4.32. The van der Waals surface area contributed by atoms with Gasteiger partial charge in [-0.25, -0.2) is 5.01 Å². The summed E-state index contributed by atoms with van der Waals surface area (Å²) in [4.78, 5) is 16.3. The summed E-state index contributed by atoms with van der Waals surface area (Å²) in [7, 11) is 3.17. The minimum atomic E-state index is -4.18. The van der Waals surface area contributed by atoms with Crippen molar-refractivity contribution in [1.82, 2.24) is 9.91 Å². The highest BCUT2D eigenvalue weighted by atomic mass is 19.4. The van der Waals surface area contributed by atoms with Crippen LogP contribution in [-0.4, -0.2) is 80.7 Å². The first-order valence-corrected chi connectivity index (χ1v) is 12.4. The summed E-state index contributed by atoms with van der Waals surface area (Å²) in [5.41, 5.74) is 4.29. The number of piperazine rings is 1. The van der Waals surface area contributed by atoms with Crippen LogP contribution in [0.3, 0.4) is 0 Å². The molecule has 0 radical (unpaired) electrons. The van der Waals surface area contributed by atoms with Crippen LogP contribution in [0.15, 0.2) is 41.5 Å². The Hall–Kier alpha value is -3.27. The van der Waals surface area contributed by atoms with Crippen LogP contribution >= 0.6 is 0 Å². The monoisotopic (exact) mass is 518 g/mol. The highest BCUT2D eigenvalue weighted by Crippen LogP contribution is 2.35. The summed E-state index contributed by atoms with van der Waals surface area (Å²) in [6, 6.07) is 11.5. The standard InChI is InChI=1S/C27H33F3N4O3/c1-5-25(35)34-18(2)14-20-15-23(36-3)24(37-4)16-22(20)26(31-34)19-6-8-21(9-7-19)33-12-10-32(11-13-33)17-27(28,29)30/h6-9,15-16,18H,5,10-14,17H2,1-4H3. The predicted molar refractivity (Wildman–Crippen MR) is 137 cm³/mol. The topological polar surface area (TPSA) is 57.6 Å². The highest BCUT2D eigenvalue weighted by molar-refractivity contribution is 6.14. The Balaban J connectivity index is 1.65. The second-order valence-corrected chi connectivity index (χ2v) is 9.38. The molecule has 7 nitrogen and oxygen atoms in total. The fourth-order valence-corrected chi connectivity index (χ4v) is 4.90. The lowest BCUT2D eigenvalue weighted by molar-refractivity contribution is -0.146. The van der Waals surface area contributed by atoms with Crippen LogP contribution in [0.2, 0.25) is 0 Å². The van der Waals surface area contributed by atoms with Crippen LogP contribution in [0.4, 0.5) is 18.9 Å². The Labute approximate surface area is 215 Å². The molecule has 1 saturated heterocycles. The number of hydrogen-bond donors (Lipinski definition) is 0. The summed E-state index contributed by atoms with van der Waals surface area (Å²) >= 11 is 0. The normalized spacial score (nSPS) is 18.7. The van der Waals surface area contributed by atoms with Crippen molar-refractivity contribution >= 4 is 17.3 Å². The van der Waals surface area contributed by atoms with E-state index >= 15 is 0 Å². The molecule has 2 aliphatic heterocycles. The number of fused-ring (bicyclic) bond motifs is 1. The number of anilines is 1. The van der Waals surface area contributed by atoms with Crippen molar-refractivity contribution in [2.24, 2.45) is 5.10 Å². The summed E-state index contributed by atoms with van der Waals surface area (Å²) in [5.74, 6) is 1.12. The van der Waals surface area contributed by atoms with Gasteiger partial charge in [0.2, 0.25) is 5.91 Å². The van der Waals surface area contributed by atoms with E-state index in [0.717, 1.165) is 22.4 Å². The molecule has 0 aliphatic carbocycles. The van der Waals surface area contributed by atoms with Gasteiger partial charge in [0.1, 0.15) is 0 Å². The molecule has 1 amide bonds. The van der Waals surface area contributed by atoms with E-state index < -0.39 is 12.7 Å². The third-order valence-electron chi connectivity index (χ3n) is 6.84. The maximum atomic E-state index is 12.8. The van der Waals surface area contributed by atoms with Crippen molar-refractivity contribution in [1.29, 1.82) is 0 Å². The molecule has 2 aliphatic rings. The first kappa shape index (κ1) is 26.8. The maximum Gasteiger partial charge on any atom is 0.401 e. The van der Waals surface area contributed by atoms with Crippen molar-refractivity contribution in [2.75, 3.05) is 51.8 Å². The SMILES string of the molecule is CCC(=O)N1N=C(c2ccc(N3CCN(CC(F)(F)F)CC3)cc2)c2cc(OC)c(OC)cc2CC1C. The summed E-state index contributed by atoms with van der Waals surface area (Å²) < 4.78 is 49.2. The zero-order valence-corrected chi connectivity index (χ0v) is 21.6. The molecule has 1 unspecified atom stereocenters. The number of amides is 1. The van der Waals surface area contributed by atoms with E-state index in [2.05, 4.69) is 4.90 Å². The summed E-state index contributed by atoms with van der Waals surface area (Å²) in [5, 5.41) is 6.39. The molecule has 0 spiro atoms. The van der Waals surface area contributed by atoms with Crippen LogP contribution < -0.4 is 14.4 Å². The Morgan fingerprint density at radius 3 is 2.22 bits per heavy atom. The Bertz CT molecular complexity index is 1140. The average Bonchev–Trinajstić information content (AvgIpc) is 3.02. The van der Waals surface area contributed by atoms with E-state index in [1.165, 1.54) is 4.90 Å². The van der Waals surface area contributed by atoms with Crippen LogP contribution in [0.1, 0.15) is 37.0 Å². The van der Waals surface area contributed by atoms with Gasteiger partial charge in [0.15, 0.2) is 11.5 Å². The number of hydrazone groups is 1. The first-order valence-electron chi connectivity index (χ1n) is 12.4. The van der Waals surface area contributed by atoms with Gasteiger partial charge in [0, 0.05) is 49.4 Å². The molecule has 1 fully saturated rings. The zero-order chi connectivity index (χ0) is 26.7. The highest BCUT2D eigenvalue weighted by Gasteiger charge is 2.32. The number of methoxy groups -OCH3 is 2. The minimum Gasteiger partial charge on any atom is -0.493 e. The van der Waals surface area contributed by atoms with Gasteiger partial charge < -0.3 is 14.4 Å². The number of ether oxygens (including phenoxy) is 2. The van der Waals surface area contributed by atoms with Crippen LogP contribution in [0.25, 0.3) is 0 Å². The number of alkyl halides is 3. The molecular formula is C27H33F3N4O3. The second-order valence-electron chi connectivity index (χ2n) is 9.38. The van der Waals surface area contributed by atoms with Gasteiger partial charge in [-0.1, -0.05) is 19.1 Å². The molecule has 37 heavy (non-hydrogen) atoms. The Morgan fingerprint density at radius 1 is 1.03 bits per heavy atom. The van der Waals surface area contributed by atoms with E-state index in [1.54, 1.807) is 19.2 Å². The molecule has 4 rings (SSSR count). The molecule has 2 aromatic rings. The van der Waals surface area contributed by atoms with Crippen LogP contribution in [0, 0.1) is 0 Å². The number of hydrogen-bond acceptors (Lipinski definition) is 6. The number of carbonyl (C=O) groups excluding carboxylic acids is 1. The van der Waals surface area contributed by atoms with Gasteiger partial charge in [-0.3, -0.25) is 9.69 Å². The lowest BCUT2D eigenvalue weighted by Crippen LogP contribution is -2.49. The molecule has 0 N–H and O–H groups in total. The number of carbonyl (C=O) groups is 1. The van der Waals surface area contributed by atoms with Gasteiger partial charge in [-0.2, -0.15) is 18.3 Å². The van der Waals surface area contributed by atoms with Crippen LogP contribution in [-0.2, 0) is 11.2 Å². The lowest BCUT2D eigenvalue weighted by Gasteiger charge is -2.36. The van der Waals surface area contributed by atoms with Crippen molar-refractivity contribution in [3.05, 3.63) is 53.1 Å². The molecule has 0 aromatic heterocycles. The smallest absolute Gasteiger partial charge is 0.401 e. The summed E-state index contributed by atoms with van der Waals surface area (Å²) in [6.45, 7) is 4.67. The number of benzene rings is 2. The van der Waals surface area contributed by atoms with Crippen molar-refractivity contribution in [2.45, 2.75) is 38.9 Å². The van der Waals surface area contributed by atoms with Gasteiger partial charge in [0.05, 0.1) is 32.5 Å². The lowest BCUT2D eigenvalue weighted by atomic mass is 9.94. The van der Waals surface area contributed by atoms with Gasteiger partial charge >= 0.3 is 6.18 Å². The number of halogens is 3. The fraction of sp³-hybridized carbons (Fsp3) is 0.481. The summed E-state index contributed by atoms with van der Waals surface area (Å²) in [6.07, 6.45) is -3.24. The number of nitrogens with zero attached hydrogens (tertiary/aromatic N) is 4. The van der Waals surface area contributed by atoms with Crippen molar-refractivity contribution in [3.63, 3.8) is 0 Å². The Morgan fingerprint density at radius 2 is 1.65 bits per heavy atom. The molecule has 1 atom stereocenters. The third kappa shape index (κ3) is 6.01. The van der Waals surface area contributed by atoms with E-state index in [4.69, 9.17) is 14.6 Å². The largest absolute Gasteiger partial charge is 0.493 e. The number of rotatable bonds is 6. The van der Waals surface area contributed by atoms with Crippen LogP contribution in [0.5, 0.6) is 11.5 Å². The van der Waals surface area contributed by atoms with E-state index in [-0.39, 0.29) is 11.9 Å². The molecule has 2 heterocycles. The Kier molecular flexibility index (Phi) is 7.96. The van der Waals surface area contributed by atoms with Gasteiger partial charge in [-0.05, 0) is 43.2 Å².